The van der Waals surface area contributed by atoms with Crippen molar-refractivity contribution in [2.75, 3.05) is 6.61 Å². The first-order chi connectivity index (χ1) is 8.09. The number of halogens is 2. The fourth-order valence-electron chi connectivity index (χ4n) is 1.33. The molecule has 0 aliphatic heterocycles. The van der Waals surface area contributed by atoms with Crippen LogP contribution in [0.5, 0.6) is 0 Å². The van der Waals surface area contributed by atoms with Crippen molar-refractivity contribution in [2.24, 2.45) is 5.92 Å². The number of rotatable bonds is 6. The first kappa shape index (κ1) is 14.9. The van der Waals surface area contributed by atoms with E-state index in [1.807, 2.05) is 43.3 Å². The summed E-state index contributed by atoms with van der Waals surface area (Å²) in [6.07, 6.45) is 1.40. The standard InChI is InChI=1S/C13H16Br2O2/c1-10(7-13(14)15)12(16)9-17-8-11-5-3-2-4-6-11/h2-7,10,12,16H,8-9H2,1H3/t10-,12-/m0/s1. The molecule has 1 aromatic rings. The van der Waals surface area contributed by atoms with Gasteiger partial charge >= 0.3 is 0 Å². The molecule has 0 aliphatic rings. The van der Waals surface area contributed by atoms with Crippen LogP contribution in [0.25, 0.3) is 0 Å². The second-order valence-electron chi connectivity index (χ2n) is 3.88. The Morgan fingerprint density at radius 1 is 1.35 bits per heavy atom. The van der Waals surface area contributed by atoms with Crippen molar-refractivity contribution in [3.8, 4) is 0 Å². The molecule has 4 heteroatoms. The smallest absolute Gasteiger partial charge is 0.0834 e. The summed E-state index contributed by atoms with van der Waals surface area (Å²) in [5.74, 6) is 0.0412. The van der Waals surface area contributed by atoms with Crippen LogP contribution < -0.4 is 0 Å². The zero-order valence-electron chi connectivity index (χ0n) is 9.64. The Kier molecular flexibility index (Phi) is 7.04. The van der Waals surface area contributed by atoms with Gasteiger partial charge in [-0.3, -0.25) is 0 Å². The molecule has 0 aromatic heterocycles. The second-order valence-corrected chi connectivity index (χ2v) is 6.66. The van der Waals surface area contributed by atoms with E-state index in [1.165, 1.54) is 0 Å². The summed E-state index contributed by atoms with van der Waals surface area (Å²) in [5, 5.41) is 9.83. The number of hydrogen-bond donors (Lipinski definition) is 1. The molecule has 17 heavy (non-hydrogen) atoms. The molecule has 94 valence electrons. The third-order valence-corrected chi connectivity index (χ3v) is 2.92. The lowest BCUT2D eigenvalue weighted by Gasteiger charge is -2.15. The van der Waals surface area contributed by atoms with Crippen molar-refractivity contribution in [3.63, 3.8) is 0 Å². The van der Waals surface area contributed by atoms with Crippen LogP contribution in [0.15, 0.2) is 39.8 Å². The predicted molar refractivity (Wildman–Crippen MR) is 77.2 cm³/mol. The third-order valence-electron chi connectivity index (χ3n) is 2.40. The summed E-state index contributed by atoms with van der Waals surface area (Å²) in [6, 6.07) is 9.93. The van der Waals surface area contributed by atoms with E-state index < -0.39 is 6.10 Å². The molecule has 2 nitrogen and oxygen atoms in total. The van der Waals surface area contributed by atoms with Gasteiger partial charge in [0, 0.05) is 5.92 Å². The van der Waals surface area contributed by atoms with Gasteiger partial charge in [-0.2, -0.15) is 0 Å². The molecule has 0 radical (unpaired) electrons. The summed E-state index contributed by atoms with van der Waals surface area (Å²) in [6.45, 7) is 2.81. The Morgan fingerprint density at radius 3 is 2.59 bits per heavy atom. The highest BCUT2D eigenvalue weighted by Gasteiger charge is 2.12. The largest absolute Gasteiger partial charge is 0.390 e. The lowest BCUT2D eigenvalue weighted by molar-refractivity contribution is 0.0118. The molecular formula is C13H16Br2O2. The summed E-state index contributed by atoms with van der Waals surface area (Å²) in [7, 11) is 0. The number of benzene rings is 1. The van der Waals surface area contributed by atoms with E-state index in [0.29, 0.717) is 13.2 Å². The van der Waals surface area contributed by atoms with Gasteiger partial charge in [-0.05, 0) is 37.4 Å². The SMILES string of the molecule is C[C@@H](C=C(Br)Br)[C@@H](O)COCc1ccccc1. The van der Waals surface area contributed by atoms with Crippen LogP contribution in [0.3, 0.4) is 0 Å². The van der Waals surface area contributed by atoms with Crippen LogP contribution in [-0.2, 0) is 11.3 Å². The Hall–Kier alpha value is -0.160. The van der Waals surface area contributed by atoms with Crippen LogP contribution in [0.4, 0.5) is 0 Å². The van der Waals surface area contributed by atoms with Crippen LogP contribution in [0.1, 0.15) is 12.5 Å². The summed E-state index contributed by atoms with van der Waals surface area (Å²) < 4.78 is 6.32. The van der Waals surface area contributed by atoms with Crippen LogP contribution in [0.2, 0.25) is 0 Å². The lowest BCUT2D eigenvalue weighted by Crippen LogP contribution is -2.22. The Morgan fingerprint density at radius 2 is 2.00 bits per heavy atom. The number of ether oxygens (including phenoxy) is 1. The van der Waals surface area contributed by atoms with E-state index in [4.69, 9.17) is 4.74 Å². The second kappa shape index (κ2) is 8.03. The van der Waals surface area contributed by atoms with Gasteiger partial charge in [-0.15, -0.1) is 0 Å². The van der Waals surface area contributed by atoms with Crippen LogP contribution in [0, 0.1) is 5.92 Å². The molecule has 0 heterocycles. The van der Waals surface area contributed by atoms with Crippen molar-refractivity contribution >= 4 is 31.9 Å². The van der Waals surface area contributed by atoms with Gasteiger partial charge in [-0.25, -0.2) is 0 Å². The fourth-order valence-corrected chi connectivity index (χ4v) is 2.17. The van der Waals surface area contributed by atoms with E-state index in [-0.39, 0.29) is 5.92 Å². The monoisotopic (exact) mass is 362 g/mol. The Labute approximate surface area is 119 Å². The molecule has 1 aromatic carbocycles. The van der Waals surface area contributed by atoms with Gasteiger partial charge in [0.15, 0.2) is 0 Å². The zero-order chi connectivity index (χ0) is 12.7. The summed E-state index contributed by atoms with van der Waals surface area (Å²) >= 11 is 6.55. The van der Waals surface area contributed by atoms with Crippen molar-refractivity contribution in [3.05, 3.63) is 45.4 Å². The van der Waals surface area contributed by atoms with Gasteiger partial charge in [0.1, 0.15) is 0 Å². The van der Waals surface area contributed by atoms with E-state index in [0.717, 1.165) is 8.96 Å². The third kappa shape index (κ3) is 6.36. The minimum atomic E-state index is -0.496. The molecule has 0 bridgehead atoms. The quantitative estimate of drug-likeness (QED) is 0.832. The molecule has 0 unspecified atom stereocenters. The zero-order valence-corrected chi connectivity index (χ0v) is 12.8. The molecule has 0 saturated carbocycles. The van der Waals surface area contributed by atoms with E-state index in [9.17, 15) is 5.11 Å². The predicted octanol–water partition coefficient (Wildman–Crippen LogP) is 3.83. The fraction of sp³-hybridized carbons (Fsp3) is 0.385. The number of aliphatic hydroxyl groups is 1. The maximum Gasteiger partial charge on any atom is 0.0834 e. The van der Waals surface area contributed by atoms with Crippen molar-refractivity contribution in [1.82, 2.24) is 0 Å². The maximum absolute atomic E-state index is 9.83. The van der Waals surface area contributed by atoms with E-state index in [2.05, 4.69) is 31.9 Å². The van der Waals surface area contributed by atoms with Crippen molar-refractivity contribution in [1.29, 1.82) is 0 Å². The molecule has 2 atom stereocenters. The molecule has 0 fully saturated rings. The highest BCUT2D eigenvalue weighted by Crippen LogP contribution is 2.18. The number of hydrogen-bond acceptors (Lipinski definition) is 2. The molecule has 1 N–H and O–H groups in total. The van der Waals surface area contributed by atoms with Crippen molar-refractivity contribution in [2.45, 2.75) is 19.6 Å². The Bertz CT molecular complexity index is 348. The molecule has 1 rings (SSSR count). The molecular weight excluding hydrogens is 348 g/mol. The average molecular weight is 364 g/mol. The van der Waals surface area contributed by atoms with Gasteiger partial charge in [-0.1, -0.05) is 43.3 Å². The normalized spacial score (nSPS) is 14.1. The summed E-state index contributed by atoms with van der Waals surface area (Å²) in [4.78, 5) is 0. The maximum atomic E-state index is 9.83. The Balaban J connectivity index is 2.29. The van der Waals surface area contributed by atoms with Crippen LogP contribution in [-0.4, -0.2) is 17.8 Å². The molecule has 0 spiro atoms. The molecule has 0 saturated heterocycles. The van der Waals surface area contributed by atoms with E-state index >= 15 is 0 Å². The summed E-state index contributed by atoms with van der Waals surface area (Å²) in [5.41, 5.74) is 1.12. The molecule has 0 aliphatic carbocycles. The van der Waals surface area contributed by atoms with Gasteiger partial charge in [0.2, 0.25) is 0 Å². The van der Waals surface area contributed by atoms with Gasteiger partial charge < -0.3 is 9.84 Å². The number of aliphatic hydroxyl groups excluding tert-OH is 1. The van der Waals surface area contributed by atoms with E-state index in [1.54, 1.807) is 0 Å². The molecule has 0 amide bonds. The average Bonchev–Trinajstić information content (AvgIpc) is 2.29. The minimum Gasteiger partial charge on any atom is -0.390 e. The van der Waals surface area contributed by atoms with Gasteiger partial charge in [0.25, 0.3) is 0 Å². The van der Waals surface area contributed by atoms with Crippen molar-refractivity contribution < 1.29 is 9.84 Å². The van der Waals surface area contributed by atoms with Crippen LogP contribution >= 0.6 is 31.9 Å². The first-order valence-corrected chi connectivity index (χ1v) is 7.00. The highest BCUT2D eigenvalue weighted by molar-refractivity contribution is 9.28. The van der Waals surface area contributed by atoms with Gasteiger partial charge in [0.05, 0.1) is 22.7 Å². The lowest BCUT2D eigenvalue weighted by atomic mass is 10.1. The first-order valence-electron chi connectivity index (χ1n) is 5.42. The highest BCUT2D eigenvalue weighted by atomic mass is 79.9. The topological polar surface area (TPSA) is 29.5 Å². The minimum absolute atomic E-state index is 0.0412.